The summed E-state index contributed by atoms with van der Waals surface area (Å²) in [5.41, 5.74) is 9.40. The largest absolute Gasteiger partial charge is 0.399 e. The summed E-state index contributed by atoms with van der Waals surface area (Å²) < 4.78 is 0. The van der Waals surface area contributed by atoms with Crippen LogP contribution < -0.4 is 11.1 Å². The van der Waals surface area contributed by atoms with Crippen LogP contribution in [0, 0.1) is 0 Å². The number of hydrogen-bond donors (Lipinski definition) is 2. The molecule has 102 valence electrons. The van der Waals surface area contributed by atoms with E-state index in [9.17, 15) is 4.79 Å². The minimum absolute atomic E-state index is 0.0160. The van der Waals surface area contributed by atoms with Crippen LogP contribution in [0.15, 0.2) is 18.2 Å². The first kappa shape index (κ1) is 12.5. The fourth-order valence-corrected chi connectivity index (χ4v) is 3.48. The second-order valence-electron chi connectivity index (χ2n) is 5.47. The normalized spacial score (nSPS) is 27.1. The molecular weight excluding hydrogens is 238 g/mol. The van der Waals surface area contributed by atoms with E-state index in [0.29, 0.717) is 6.04 Å². The highest BCUT2D eigenvalue weighted by molar-refractivity contribution is 5.82. The van der Waals surface area contributed by atoms with Gasteiger partial charge in [-0.05, 0) is 42.5 Å². The quantitative estimate of drug-likeness (QED) is 0.791. The molecule has 0 aromatic heterocycles. The minimum atomic E-state index is 0.0160. The van der Waals surface area contributed by atoms with Gasteiger partial charge in [0.05, 0.1) is 6.04 Å². The Labute approximate surface area is 114 Å². The minimum Gasteiger partial charge on any atom is -0.399 e. The van der Waals surface area contributed by atoms with E-state index in [1.54, 1.807) is 0 Å². The Balaban J connectivity index is 1.90. The molecule has 1 aromatic rings. The molecule has 0 saturated carbocycles. The average Bonchev–Trinajstić information content (AvgIpc) is 2.81. The van der Waals surface area contributed by atoms with Gasteiger partial charge in [0, 0.05) is 24.8 Å². The fourth-order valence-electron chi connectivity index (χ4n) is 3.48. The van der Waals surface area contributed by atoms with Crippen molar-refractivity contribution in [2.75, 3.05) is 18.8 Å². The van der Waals surface area contributed by atoms with Crippen molar-refractivity contribution in [1.29, 1.82) is 0 Å². The Morgan fingerprint density at radius 3 is 3.11 bits per heavy atom. The molecule has 2 unspecified atom stereocenters. The van der Waals surface area contributed by atoms with E-state index in [4.69, 9.17) is 5.73 Å². The molecule has 1 aliphatic heterocycles. The Morgan fingerprint density at radius 1 is 1.47 bits per heavy atom. The van der Waals surface area contributed by atoms with Crippen LogP contribution in [0.5, 0.6) is 0 Å². The van der Waals surface area contributed by atoms with Gasteiger partial charge in [0.15, 0.2) is 0 Å². The monoisotopic (exact) mass is 259 g/mol. The number of piperazine rings is 1. The number of hydrogen-bond acceptors (Lipinski definition) is 3. The third-order valence-electron chi connectivity index (χ3n) is 4.37. The summed E-state index contributed by atoms with van der Waals surface area (Å²) in [5.74, 6) is 0.178. The van der Waals surface area contributed by atoms with E-state index in [1.165, 1.54) is 11.1 Å². The summed E-state index contributed by atoms with van der Waals surface area (Å²) in [7, 11) is 0. The molecule has 3 N–H and O–H groups in total. The molecule has 1 aromatic carbocycles. The van der Waals surface area contributed by atoms with E-state index in [-0.39, 0.29) is 11.9 Å². The van der Waals surface area contributed by atoms with Crippen LogP contribution >= 0.6 is 0 Å². The van der Waals surface area contributed by atoms with Crippen LogP contribution in [0.4, 0.5) is 5.69 Å². The molecule has 0 spiro atoms. The van der Waals surface area contributed by atoms with Gasteiger partial charge in [0.1, 0.15) is 0 Å². The summed E-state index contributed by atoms with van der Waals surface area (Å²) in [5, 5.41) is 2.97. The number of carbonyl (C=O) groups is 1. The van der Waals surface area contributed by atoms with Gasteiger partial charge >= 0.3 is 0 Å². The first-order chi connectivity index (χ1) is 9.20. The van der Waals surface area contributed by atoms with Gasteiger partial charge < -0.3 is 11.1 Å². The summed E-state index contributed by atoms with van der Waals surface area (Å²) >= 11 is 0. The molecule has 1 aliphatic carbocycles. The number of aryl methyl sites for hydroxylation is 1. The molecule has 1 saturated heterocycles. The van der Waals surface area contributed by atoms with Crippen LogP contribution in [0.3, 0.4) is 0 Å². The van der Waals surface area contributed by atoms with Gasteiger partial charge in [-0.2, -0.15) is 0 Å². The van der Waals surface area contributed by atoms with Crippen molar-refractivity contribution >= 4 is 11.6 Å². The first-order valence-electron chi connectivity index (χ1n) is 7.12. The lowest BCUT2D eigenvalue weighted by Gasteiger charge is -2.39. The van der Waals surface area contributed by atoms with Crippen molar-refractivity contribution in [2.24, 2.45) is 0 Å². The van der Waals surface area contributed by atoms with Crippen molar-refractivity contribution in [1.82, 2.24) is 10.2 Å². The molecule has 1 amide bonds. The van der Waals surface area contributed by atoms with Gasteiger partial charge in [0.2, 0.25) is 5.91 Å². The van der Waals surface area contributed by atoms with Crippen LogP contribution in [0.1, 0.15) is 36.9 Å². The average molecular weight is 259 g/mol. The zero-order valence-corrected chi connectivity index (χ0v) is 11.4. The molecule has 0 radical (unpaired) electrons. The van der Waals surface area contributed by atoms with E-state index >= 15 is 0 Å². The third kappa shape index (κ3) is 2.10. The van der Waals surface area contributed by atoms with Crippen LogP contribution in [-0.4, -0.2) is 29.9 Å². The van der Waals surface area contributed by atoms with Crippen molar-refractivity contribution in [3.63, 3.8) is 0 Å². The van der Waals surface area contributed by atoms with Gasteiger partial charge in [-0.25, -0.2) is 0 Å². The zero-order valence-electron chi connectivity index (χ0n) is 11.4. The van der Waals surface area contributed by atoms with Crippen LogP contribution in [0.25, 0.3) is 0 Å². The fraction of sp³-hybridized carbons (Fsp3) is 0.533. The second-order valence-corrected chi connectivity index (χ2v) is 5.47. The highest BCUT2D eigenvalue weighted by Gasteiger charge is 2.36. The number of benzene rings is 1. The summed E-state index contributed by atoms with van der Waals surface area (Å²) in [6.07, 6.45) is 3.04. The molecule has 1 heterocycles. The van der Waals surface area contributed by atoms with E-state index in [2.05, 4.69) is 29.3 Å². The summed E-state index contributed by atoms with van der Waals surface area (Å²) in [4.78, 5) is 14.4. The van der Waals surface area contributed by atoms with Crippen molar-refractivity contribution in [2.45, 2.75) is 38.3 Å². The summed E-state index contributed by atoms with van der Waals surface area (Å²) in [6.45, 7) is 3.79. The topological polar surface area (TPSA) is 58.4 Å². The Kier molecular flexibility index (Phi) is 3.19. The highest BCUT2D eigenvalue weighted by Crippen LogP contribution is 2.38. The highest BCUT2D eigenvalue weighted by atomic mass is 16.2. The van der Waals surface area contributed by atoms with Crippen LogP contribution in [0.2, 0.25) is 0 Å². The smallest absolute Gasteiger partial charge is 0.237 e. The van der Waals surface area contributed by atoms with E-state index < -0.39 is 0 Å². The number of nitrogens with one attached hydrogen (secondary N) is 1. The maximum atomic E-state index is 12.0. The predicted octanol–water partition coefficient (Wildman–Crippen LogP) is 1.47. The summed E-state index contributed by atoms with van der Waals surface area (Å²) in [6, 6.07) is 6.60. The zero-order chi connectivity index (χ0) is 13.4. The number of nitrogen functional groups attached to an aromatic ring is 1. The first-order valence-corrected chi connectivity index (χ1v) is 7.12. The van der Waals surface area contributed by atoms with Crippen LogP contribution in [-0.2, 0) is 11.2 Å². The molecule has 2 aliphatic rings. The molecule has 2 atom stereocenters. The number of amides is 1. The van der Waals surface area contributed by atoms with Gasteiger partial charge in [-0.1, -0.05) is 13.0 Å². The number of anilines is 1. The lowest BCUT2D eigenvalue weighted by molar-refractivity contribution is -0.130. The lowest BCUT2D eigenvalue weighted by Crippen LogP contribution is -2.55. The van der Waals surface area contributed by atoms with E-state index in [1.807, 2.05) is 6.07 Å². The number of nitrogens with two attached hydrogens (primary N) is 1. The second kappa shape index (κ2) is 4.85. The van der Waals surface area contributed by atoms with Crippen molar-refractivity contribution < 1.29 is 4.79 Å². The molecule has 0 bridgehead atoms. The molecule has 19 heavy (non-hydrogen) atoms. The maximum Gasteiger partial charge on any atom is 0.237 e. The van der Waals surface area contributed by atoms with Gasteiger partial charge in [0.25, 0.3) is 0 Å². The standard InChI is InChI=1S/C15H21N3O/c1-2-13-15(19)17-7-8-18(13)14-6-3-10-9-11(16)4-5-12(10)14/h4-5,9,13-14H,2-3,6-8,16H2,1H3,(H,17,19). The molecule has 4 heteroatoms. The van der Waals surface area contributed by atoms with E-state index in [0.717, 1.165) is 38.0 Å². The van der Waals surface area contributed by atoms with Crippen molar-refractivity contribution in [3.05, 3.63) is 29.3 Å². The number of fused-ring (bicyclic) bond motifs is 1. The Morgan fingerprint density at radius 2 is 2.32 bits per heavy atom. The SMILES string of the molecule is CCC1C(=O)NCCN1C1CCc2cc(N)ccc21. The number of carbonyl (C=O) groups excluding carboxylic acids is 1. The number of nitrogens with zero attached hydrogens (tertiary/aromatic N) is 1. The molecule has 3 rings (SSSR count). The number of rotatable bonds is 2. The molecule has 4 nitrogen and oxygen atoms in total. The van der Waals surface area contributed by atoms with Gasteiger partial charge in [-0.3, -0.25) is 9.69 Å². The molecular formula is C15H21N3O. The Bertz CT molecular complexity index is 500. The Hall–Kier alpha value is -1.55. The lowest BCUT2D eigenvalue weighted by atomic mass is 10.0. The molecule has 1 fully saturated rings. The predicted molar refractivity (Wildman–Crippen MR) is 75.7 cm³/mol. The van der Waals surface area contributed by atoms with Crippen molar-refractivity contribution in [3.8, 4) is 0 Å². The van der Waals surface area contributed by atoms with Gasteiger partial charge in [-0.15, -0.1) is 0 Å². The third-order valence-corrected chi connectivity index (χ3v) is 4.37. The maximum absolute atomic E-state index is 12.0.